The van der Waals surface area contributed by atoms with Gasteiger partial charge in [0.05, 0.1) is 5.25 Å². The van der Waals surface area contributed by atoms with Crippen molar-refractivity contribution in [2.24, 2.45) is 7.05 Å². The summed E-state index contributed by atoms with van der Waals surface area (Å²) in [5, 5.41) is -0.887. The normalized spacial score (nSPS) is 12.8. The van der Waals surface area contributed by atoms with Gasteiger partial charge in [0, 0.05) is 13.2 Å². The van der Waals surface area contributed by atoms with Gasteiger partial charge in [0.2, 0.25) is 15.8 Å². The molecular weight excluding hydrogens is 287 g/mol. The Bertz CT molecular complexity index is 590. The number of hydrogen-bond donors (Lipinski definition) is 1. The highest BCUT2D eigenvalue weighted by Gasteiger charge is 2.37. The molecule has 1 heterocycles. The molecule has 0 aliphatic carbocycles. The van der Waals surface area contributed by atoms with E-state index in [1.54, 1.807) is 4.72 Å². The van der Waals surface area contributed by atoms with Crippen LogP contribution in [0.2, 0.25) is 0 Å². The first-order valence-electron chi connectivity index (χ1n) is 5.11. The quantitative estimate of drug-likeness (QED) is 0.899. The van der Waals surface area contributed by atoms with Crippen molar-refractivity contribution in [3.8, 4) is 0 Å². The molecule has 0 unspecified atom stereocenters. The number of carbonyl (C=O) groups is 1. The first-order valence-corrected chi connectivity index (χ1v) is 6.66. The van der Waals surface area contributed by atoms with Gasteiger partial charge in [0.1, 0.15) is 5.69 Å². The zero-order chi connectivity index (χ0) is 15.0. The molecule has 0 aliphatic rings. The van der Waals surface area contributed by atoms with E-state index in [0.717, 1.165) is 13.2 Å². The minimum Gasteiger partial charge on any atom is -0.330 e. The predicted octanol–water partition coefficient (Wildman–Crippen LogP) is 0.907. The van der Waals surface area contributed by atoms with E-state index < -0.39 is 38.9 Å². The van der Waals surface area contributed by atoms with E-state index in [2.05, 4.69) is 4.98 Å². The van der Waals surface area contributed by atoms with Gasteiger partial charge in [-0.3, -0.25) is 4.79 Å². The van der Waals surface area contributed by atoms with E-state index in [0.29, 0.717) is 4.57 Å². The second-order valence-corrected chi connectivity index (χ2v) is 6.32. The van der Waals surface area contributed by atoms with Crippen molar-refractivity contribution in [3.05, 3.63) is 17.7 Å². The minimum absolute atomic E-state index is 0.608. The molecule has 0 bridgehead atoms. The van der Waals surface area contributed by atoms with Crippen LogP contribution in [-0.4, -0.2) is 29.1 Å². The van der Waals surface area contributed by atoms with Gasteiger partial charge in [-0.15, -0.1) is 0 Å². The molecule has 0 radical (unpaired) electrons. The molecule has 1 aromatic heterocycles. The van der Waals surface area contributed by atoms with Crippen molar-refractivity contribution in [1.82, 2.24) is 14.3 Å². The van der Waals surface area contributed by atoms with E-state index in [1.807, 2.05) is 0 Å². The van der Waals surface area contributed by atoms with Crippen LogP contribution in [0.4, 0.5) is 13.2 Å². The number of sulfonamides is 1. The maximum atomic E-state index is 12.5. The number of halogens is 3. The summed E-state index contributed by atoms with van der Waals surface area (Å²) in [6, 6.07) is 0. The third-order valence-corrected chi connectivity index (χ3v) is 3.93. The Morgan fingerprint density at radius 3 is 2.32 bits per heavy atom. The summed E-state index contributed by atoms with van der Waals surface area (Å²) >= 11 is 0. The minimum atomic E-state index is -4.72. The number of imidazole rings is 1. The first-order chi connectivity index (χ1) is 8.45. The average molecular weight is 299 g/mol. The number of carbonyl (C=O) groups excluding carboxylic acids is 1. The van der Waals surface area contributed by atoms with Crippen LogP contribution in [0, 0.1) is 0 Å². The molecule has 0 fully saturated rings. The molecule has 10 heteroatoms. The Morgan fingerprint density at radius 2 is 1.95 bits per heavy atom. The lowest BCUT2D eigenvalue weighted by Crippen LogP contribution is -2.36. The number of rotatable bonds is 3. The molecule has 1 amide bonds. The Morgan fingerprint density at radius 1 is 1.42 bits per heavy atom. The lowest BCUT2D eigenvalue weighted by Gasteiger charge is -2.07. The lowest BCUT2D eigenvalue weighted by molar-refractivity contribution is -0.146. The zero-order valence-corrected chi connectivity index (χ0v) is 11.1. The summed E-state index contributed by atoms with van der Waals surface area (Å²) in [5.74, 6) is -2.47. The third-order valence-electron chi connectivity index (χ3n) is 2.22. The molecule has 0 saturated carbocycles. The smallest absolute Gasteiger partial charge is 0.330 e. The van der Waals surface area contributed by atoms with Gasteiger partial charge in [-0.05, 0) is 13.8 Å². The second-order valence-electron chi connectivity index (χ2n) is 4.08. The molecule has 0 saturated heterocycles. The van der Waals surface area contributed by atoms with Crippen LogP contribution < -0.4 is 4.72 Å². The number of nitrogens with zero attached hydrogens (tertiary/aromatic N) is 2. The van der Waals surface area contributed by atoms with Crippen LogP contribution in [0.5, 0.6) is 0 Å². The van der Waals surface area contributed by atoms with Crippen LogP contribution in [0.3, 0.4) is 0 Å². The largest absolute Gasteiger partial charge is 0.449 e. The zero-order valence-electron chi connectivity index (χ0n) is 10.3. The fourth-order valence-corrected chi connectivity index (χ4v) is 1.74. The standard InChI is InChI=1S/C9H12F3N3O3S/c1-5(2)19(17,18)14-7(16)6-4-15(3)8(13-6)9(10,11)12/h4-5H,1-3H3,(H,14,16). The molecule has 0 aliphatic heterocycles. The fraction of sp³-hybridized carbons (Fsp3) is 0.556. The van der Waals surface area contributed by atoms with Crippen molar-refractivity contribution in [2.75, 3.05) is 0 Å². The molecule has 19 heavy (non-hydrogen) atoms. The number of amides is 1. The van der Waals surface area contributed by atoms with E-state index in [-0.39, 0.29) is 0 Å². The molecular formula is C9H12F3N3O3S. The maximum absolute atomic E-state index is 12.5. The number of aryl methyl sites for hydroxylation is 1. The van der Waals surface area contributed by atoms with Gasteiger partial charge in [-0.2, -0.15) is 13.2 Å². The van der Waals surface area contributed by atoms with Crippen LogP contribution >= 0.6 is 0 Å². The second kappa shape index (κ2) is 4.83. The highest BCUT2D eigenvalue weighted by atomic mass is 32.2. The third kappa shape index (κ3) is 3.46. The van der Waals surface area contributed by atoms with Crippen molar-refractivity contribution < 1.29 is 26.4 Å². The molecule has 6 nitrogen and oxygen atoms in total. The molecule has 0 spiro atoms. The molecule has 0 atom stereocenters. The molecule has 0 aromatic carbocycles. The molecule has 108 valence electrons. The monoisotopic (exact) mass is 299 g/mol. The Hall–Kier alpha value is -1.58. The van der Waals surface area contributed by atoms with E-state index in [1.165, 1.54) is 13.8 Å². The molecule has 1 N–H and O–H groups in total. The van der Waals surface area contributed by atoms with E-state index in [4.69, 9.17) is 0 Å². The van der Waals surface area contributed by atoms with Gasteiger partial charge in [-0.25, -0.2) is 18.1 Å². The van der Waals surface area contributed by atoms with Crippen LogP contribution in [0.1, 0.15) is 30.2 Å². The highest BCUT2D eigenvalue weighted by Crippen LogP contribution is 2.27. The van der Waals surface area contributed by atoms with Gasteiger partial charge < -0.3 is 4.57 Å². The summed E-state index contributed by atoms with van der Waals surface area (Å²) in [6.45, 7) is 2.66. The summed E-state index contributed by atoms with van der Waals surface area (Å²) in [7, 11) is -2.86. The summed E-state index contributed by atoms with van der Waals surface area (Å²) < 4.78 is 62.5. The van der Waals surface area contributed by atoms with Crippen LogP contribution in [-0.2, 0) is 23.2 Å². The summed E-state index contributed by atoms with van der Waals surface area (Å²) in [5.41, 5.74) is -0.612. The fourth-order valence-electron chi connectivity index (χ4n) is 1.14. The average Bonchev–Trinajstić information content (AvgIpc) is 2.58. The van der Waals surface area contributed by atoms with E-state index >= 15 is 0 Å². The van der Waals surface area contributed by atoms with Crippen LogP contribution in [0.25, 0.3) is 0 Å². The number of aromatic nitrogens is 2. The topological polar surface area (TPSA) is 81.1 Å². The Labute approximate surface area is 107 Å². The summed E-state index contributed by atoms with van der Waals surface area (Å²) in [4.78, 5) is 14.6. The molecule has 1 aromatic rings. The highest BCUT2D eigenvalue weighted by molar-refractivity contribution is 7.90. The van der Waals surface area contributed by atoms with Crippen molar-refractivity contribution in [1.29, 1.82) is 0 Å². The van der Waals surface area contributed by atoms with Crippen LogP contribution in [0.15, 0.2) is 6.20 Å². The lowest BCUT2D eigenvalue weighted by atomic mass is 10.5. The Balaban J connectivity index is 3.04. The van der Waals surface area contributed by atoms with Gasteiger partial charge >= 0.3 is 6.18 Å². The van der Waals surface area contributed by atoms with E-state index in [9.17, 15) is 26.4 Å². The van der Waals surface area contributed by atoms with Gasteiger partial charge in [0.25, 0.3) is 5.91 Å². The van der Waals surface area contributed by atoms with Gasteiger partial charge in [-0.1, -0.05) is 0 Å². The van der Waals surface area contributed by atoms with Gasteiger partial charge in [0.15, 0.2) is 0 Å². The predicted molar refractivity (Wildman–Crippen MR) is 59.7 cm³/mol. The Kier molecular flexibility index (Phi) is 3.94. The van der Waals surface area contributed by atoms with Crippen molar-refractivity contribution in [3.63, 3.8) is 0 Å². The number of hydrogen-bond acceptors (Lipinski definition) is 4. The number of nitrogens with one attached hydrogen (secondary N) is 1. The van der Waals surface area contributed by atoms with Crippen molar-refractivity contribution >= 4 is 15.9 Å². The first kappa shape index (κ1) is 15.5. The SMILES string of the molecule is CC(C)S(=O)(=O)NC(=O)c1cn(C)c(C(F)(F)F)n1. The molecule has 1 rings (SSSR count). The summed E-state index contributed by atoms with van der Waals surface area (Å²) in [6.07, 6.45) is -3.90. The number of alkyl halides is 3. The van der Waals surface area contributed by atoms with Crippen molar-refractivity contribution in [2.45, 2.75) is 25.3 Å². The maximum Gasteiger partial charge on any atom is 0.449 e.